The molecule has 0 aliphatic carbocycles. The number of amides is 1. The average molecular weight is 335 g/mol. The lowest BCUT2D eigenvalue weighted by molar-refractivity contribution is -0.116. The van der Waals surface area contributed by atoms with Crippen LogP contribution < -0.4 is 14.8 Å². The molecule has 23 heavy (non-hydrogen) atoms. The number of hydrogen-bond donors (Lipinski definition) is 1. The molecular weight excluding hydrogens is 314 g/mol. The number of hydrogen-bond acceptors (Lipinski definition) is 5. The molecule has 0 radical (unpaired) electrons. The van der Waals surface area contributed by atoms with Gasteiger partial charge in [-0.15, -0.1) is 0 Å². The molecule has 1 N–H and O–H groups in total. The number of fused-ring (bicyclic) bond motifs is 1. The maximum absolute atomic E-state index is 11.8. The quantitative estimate of drug-likeness (QED) is 0.639. The maximum atomic E-state index is 11.8. The summed E-state index contributed by atoms with van der Waals surface area (Å²) in [5.41, 5.74) is 0.918. The van der Waals surface area contributed by atoms with Crippen LogP contribution in [0.5, 0.6) is 11.5 Å². The number of benzene rings is 1. The molecule has 2 heterocycles. The van der Waals surface area contributed by atoms with Gasteiger partial charge in [0.1, 0.15) is 0 Å². The van der Waals surface area contributed by atoms with Gasteiger partial charge in [0.2, 0.25) is 12.7 Å². The number of thioether (sulfide) groups is 1. The lowest BCUT2D eigenvalue weighted by atomic mass is 10.2. The average Bonchev–Trinajstić information content (AvgIpc) is 3.05. The molecule has 2 aliphatic heterocycles. The van der Waals surface area contributed by atoms with Crippen LogP contribution in [-0.2, 0) is 9.53 Å². The summed E-state index contributed by atoms with van der Waals surface area (Å²) in [6.45, 7) is 2.67. The Hall–Kier alpha value is -1.66. The Bertz CT molecular complexity index is 570. The highest BCUT2D eigenvalue weighted by molar-refractivity contribution is 7.99. The zero-order chi connectivity index (χ0) is 15.9. The molecule has 0 unspecified atom stereocenters. The fraction of sp³-hybridized carbons (Fsp3) is 0.471. The first-order chi connectivity index (χ1) is 11.3. The summed E-state index contributed by atoms with van der Waals surface area (Å²) in [5.74, 6) is 2.33. The maximum Gasteiger partial charge on any atom is 0.244 e. The first kappa shape index (κ1) is 16.2. The summed E-state index contributed by atoms with van der Waals surface area (Å²) in [6, 6.07) is 5.62. The number of carbonyl (C=O) groups excluding carboxylic acids is 1. The van der Waals surface area contributed by atoms with E-state index in [2.05, 4.69) is 5.32 Å². The highest BCUT2D eigenvalue weighted by Crippen LogP contribution is 2.32. The fourth-order valence-electron chi connectivity index (χ4n) is 2.49. The van der Waals surface area contributed by atoms with Crippen molar-refractivity contribution in [2.45, 2.75) is 18.1 Å². The van der Waals surface area contributed by atoms with E-state index in [4.69, 9.17) is 14.2 Å². The van der Waals surface area contributed by atoms with Gasteiger partial charge in [-0.1, -0.05) is 6.07 Å². The van der Waals surface area contributed by atoms with E-state index in [9.17, 15) is 4.79 Å². The molecule has 0 aromatic heterocycles. The van der Waals surface area contributed by atoms with E-state index < -0.39 is 0 Å². The van der Waals surface area contributed by atoms with Gasteiger partial charge >= 0.3 is 0 Å². The molecule has 3 rings (SSSR count). The Morgan fingerprint density at radius 3 is 2.96 bits per heavy atom. The lowest BCUT2D eigenvalue weighted by Crippen LogP contribution is -2.25. The first-order valence-electron chi connectivity index (χ1n) is 7.86. The third-order valence-corrected chi connectivity index (χ3v) is 5.13. The van der Waals surface area contributed by atoms with E-state index in [1.807, 2.05) is 30.0 Å². The minimum absolute atomic E-state index is 0.0738. The topological polar surface area (TPSA) is 56.8 Å². The molecular formula is C17H21NO4S. The Morgan fingerprint density at radius 1 is 1.26 bits per heavy atom. The number of carbonyl (C=O) groups is 1. The molecule has 1 aromatic rings. The van der Waals surface area contributed by atoms with Crippen molar-refractivity contribution in [3.05, 3.63) is 29.8 Å². The summed E-state index contributed by atoms with van der Waals surface area (Å²) in [7, 11) is 0. The van der Waals surface area contributed by atoms with Crippen molar-refractivity contribution in [3.63, 3.8) is 0 Å². The van der Waals surface area contributed by atoms with Crippen LogP contribution in [0.15, 0.2) is 24.3 Å². The highest BCUT2D eigenvalue weighted by Gasteiger charge is 2.14. The lowest BCUT2D eigenvalue weighted by Gasteiger charge is -2.21. The second-order valence-electron chi connectivity index (χ2n) is 5.42. The molecule has 1 amide bonds. The number of ether oxygens (including phenoxy) is 3. The van der Waals surface area contributed by atoms with E-state index in [1.54, 1.807) is 12.2 Å². The van der Waals surface area contributed by atoms with Gasteiger partial charge in [0, 0.05) is 36.8 Å². The second-order valence-corrected chi connectivity index (χ2v) is 6.83. The standard InChI is InChI=1S/C17H21NO4S/c19-17(18-7-10-23-14-5-8-20-9-6-14)4-2-13-1-3-15-16(11-13)22-12-21-15/h1-4,11,14H,5-10,12H2,(H,18,19)/b4-2+. The van der Waals surface area contributed by atoms with E-state index in [1.165, 1.54) is 0 Å². The van der Waals surface area contributed by atoms with Crippen molar-refractivity contribution in [1.82, 2.24) is 5.32 Å². The summed E-state index contributed by atoms with van der Waals surface area (Å²) in [4.78, 5) is 11.8. The van der Waals surface area contributed by atoms with Crippen LogP contribution in [0.4, 0.5) is 0 Å². The van der Waals surface area contributed by atoms with Crippen LogP contribution >= 0.6 is 11.8 Å². The third-order valence-electron chi connectivity index (χ3n) is 3.75. The minimum atomic E-state index is -0.0738. The second kappa shape index (κ2) is 8.26. The van der Waals surface area contributed by atoms with Gasteiger partial charge in [-0.25, -0.2) is 0 Å². The SMILES string of the molecule is O=C(/C=C/c1ccc2c(c1)OCO2)NCCSC1CCOCC1. The van der Waals surface area contributed by atoms with Gasteiger partial charge in [0.25, 0.3) is 0 Å². The molecule has 0 saturated carbocycles. The van der Waals surface area contributed by atoms with Crippen molar-refractivity contribution in [3.8, 4) is 11.5 Å². The smallest absolute Gasteiger partial charge is 0.244 e. The molecule has 0 atom stereocenters. The van der Waals surface area contributed by atoms with Crippen LogP contribution in [0.2, 0.25) is 0 Å². The van der Waals surface area contributed by atoms with Gasteiger partial charge < -0.3 is 19.5 Å². The van der Waals surface area contributed by atoms with Gasteiger partial charge in [-0.2, -0.15) is 11.8 Å². The zero-order valence-electron chi connectivity index (χ0n) is 13.0. The molecule has 2 aliphatic rings. The van der Waals surface area contributed by atoms with Gasteiger partial charge in [0.15, 0.2) is 11.5 Å². The van der Waals surface area contributed by atoms with Crippen LogP contribution in [0, 0.1) is 0 Å². The fourth-order valence-corrected chi connectivity index (χ4v) is 3.57. The number of rotatable bonds is 6. The minimum Gasteiger partial charge on any atom is -0.454 e. The van der Waals surface area contributed by atoms with Gasteiger partial charge in [-0.05, 0) is 36.6 Å². The molecule has 124 valence electrons. The summed E-state index contributed by atoms with van der Waals surface area (Å²) >= 11 is 1.92. The summed E-state index contributed by atoms with van der Waals surface area (Å²) in [5, 5.41) is 3.58. The van der Waals surface area contributed by atoms with E-state index in [0.29, 0.717) is 11.8 Å². The molecule has 1 fully saturated rings. The molecule has 1 aromatic carbocycles. The zero-order valence-corrected chi connectivity index (χ0v) is 13.8. The Labute approximate surface area is 140 Å². The van der Waals surface area contributed by atoms with Gasteiger partial charge in [0.05, 0.1) is 0 Å². The molecule has 6 heteroatoms. The molecule has 0 bridgehead atoms. The van der Waals surface area contributed by atoms with Crippen molar-refractivity contribution in [1.29, 1.82) is 0 Å². The van der Waals surface area contributed by atoms with Crippen LogP contribution in [0.3, 0.4) is 0 Å². The summed E-state index contributed by atoms with van der Waals surface area (Å²) in [6.07, 6.45) is 5.56. The predicted molar refractivity (Wildman–Crippen MR) is 90.9 cm³/mol. The van der Waals surface area contributed by atoms with Crippen LogP contribution in [0.25, 0.3) is 6.08 Å². The van der Waals surface area contributed by atoms with Gasteiger partial charge in [-0.3, -0.25) is 4.79 Å². The van der Waals surface area contributed by atoms with E-state index in [-0.39, 0.29) is 12.7 Å². The van der Waals surface area contributed by atoms with Crippen molar-refractivity contribution in [2.24, 2.45) is 0 Å². The molecule has 5 nitrogen and oxygen atoms in total. The normalized spacial score (nSPS) is 17.6. The first-order valence-corrected chi connectivity index (χ1v) is 8.91. The monoisotopic (exact) mass is 335 g/mol. The molecule has 0 spiro atoms. The Kier molecular flexibility index (Phi) is 5.82. The van der Waals surface area contributed by atoms with E-state index in [0.717, 1.165) is 48.9 Å². The van der Waals surface area contributed by atoms with Crippen molar-refractivity contribution in [2.75, 3.05) is 32.3 Å². The van der Waals surface area contributed by atoms with Crippen LogP contribution in [0.1, 0.15) is 18.4 Å². The largest absolute Gasteiger partial charge is 0.454 e. The Balaban J connectivity index is 1.37. The molecule has 1 saturated heterocycles. The Morgan fingerprint density at radius 2 is 2.09 bits per heavy atom. The number of nitrogens with one attached hydrogen (secondary N) is 1. The van der Waals surface area contributed by atoms with Crippen LogP contribution in [-0.4, -0.2) is 43.5 Å². The van der Waals surface area contributed by atoms with Crippen molar-refractivity contribution >= 4 is 23.7 Å². The predicted octanol–water partition coefficient (Wildman–Crippen LogP) is 2.46. The third kappa shape index (κ3) is 4.91. The van der Waals surface area contributed by atoms with Crippen molar-refractivity contribution < 1.29 is 19.0 Å². The summed E-state index contributed by atoms with van der Waals surface area (Å²) < 4.78 is 15.9. The van der Waals surface area contributed by atoms with E-state index >= 15 is 0 Å². The highest BCUT2D eigenvalue weighted by atomic mass is 32.2.